The summed E-state index contributed by atoms with van der Waals surface area (Å²) < 4.78 is 42.0. The van der Waals surface area contributed by atoms with Gasteiger partial charge in [0.1, 0.15) is 10.7 Å². The van der Waals surface area contributed by atoms with E-state index >= 15 is 0 Å². The third kappa shape index (κ3) is 3.76. The summed E-state index contributed by atoms with van der Waals surface area (Å²) in [5.41, 5.74) is 1.70. The lowest BCUT2D eigenvalue weighted by Crippen LogP contribution is -2.20. The topological polar surface area (TPSA) is 56.1 Å². The Morgan fingerprint density at radius 3 is 2.43 bits per heavy atom. The van der Waals surface area contributed by atoms with Gasteiger partial charge in [-0.3, -0.25) is 4.79 Å². The van der Waals surface area contributed by atoms with Crippen LogP contribution in [0.25, 0.3) is 10.9 Å². The Morgan fingerprint density at radius 1 is 1.00 bits per heavy atom. The van der Waals surface area contributed by atoms with E-state index in [0.717, 1.165) is 17.2 Å². The van der Waals surface area contributed by atoms with Crippen molar-refractivity contribution in [2.24, 2.45) is 0 Å². The Labute approximate surface area is 178 Å². The van der Waals surface area contributed by atoms with Gasteiger partial charge in [0.25, 0.3) is 0 Å². The van der Waals surface area contributed by atoms with Crippen LogP contribution in [0.1, 0.15) is 11.1 Å². The van der Waals surface area contributed by atoms with E-state index in [4.69, 9.17) is 11.6 Å². The average molecular weight is 442 g/mol. The van der Waals surface area contributed by atoms with Crippen LogP contribution < -0.4 is 5.43 Å². The van der Waals surface area contributed by atoms with Crippen molar-refractivity contribution in [3.8, 4) is 0 Å². The molecule has 0 spiro atoms. The highest BCUT2D eigenvalue weighted by atomic mass is 35.5. The molecule has 1 aromatic heterocycles. The molecule has 0 radical (unpaired) electrons. The monoisotopic (exact) mass is 441 g/mol. The first-order valence-corrected chi connectivity index (χ1v) is 11.0. The SMILES string of the molecule is Cc1cccc(Cn2cc(S(=O)(=O)c3ccc(Cl)cc3)c(=O)c3cc(F)ccc32)c1. The summed E-state index contributed by atoms with van der Waals surface area (Å²) in [7, 11) is -4.13. The summed E-state index contributed by atoms with van der Waals surface area (Å²) in [5.74, 6) is -0.609. The fourth-order valence-electron chi connectivity index (χ4n) is 3.41. The third-order valence-corrected chi connectivity index (χ3v) is 6.87. The number of nitrogens with zero attached hydrogens (tertiary/aromatic N) is 1. The van der Waals surface area contributed by atoms with Crippen LogP contribution in [0, 0.1) is 12.7 Å². The van der Waals surface area contributed by atoms with Gasteiger partial charge in [0, 0.05) is 23.2 Å². The van der Waals surface area contributed by atoms with Gasteiger partial charge < -0.3 is 4.57 Å². The van der Waals surface area contributed by atoms with Crippen molar-refractivity contribution in [3.05, 3.63) is 105 Å². The Balaban J connectivity index is 1.97. The predicted octanol–water partition coefficient (Wildman–Crippen LogP) is 4.98. The normalized spacial score (nSPS) is 11.7. The van der Waals surface area contributed by atoms with Gasteiger partial charge in [0.2, 0.25) is 15.3 Å². The molecule has 0 aliphatic carbocycles. The lowest BCUT2D eigenvalue weighted by atomic mass is 10.1. The fraction of sp³-hybridized carbons (Fsp3) is 0.0870. The van der Waals surface area contributed by atoms with Crippen LogP contribution in [0.3, 0.4) is 0 Å². The van der Waals surface area contributed by atoms with Gasteiger partial charge in [-0.1, -0.05) is 41.4 Å². The molecule has 7 heteroatoms. The molecule has 4 rings (SSSR count). The van der Waals surface area contributed by atoms with E-state index in [-0.39, 0.29) is 10.3 Å². The molecule has 152 valence electrons. The van der Waals surface area contributed by atoms with Crippen molar-refractivity contribution < 1.29 is 12.8 Å². The number of fused-ring (bicyclic) bond motifs is 1. The molecular formula is C23H17ClFNO3S. The average Bonchev–Trinajstić information content (AvgIpc) is 2.70. The van der Waals surface area contributed by atoms with E-state index in [1.54, 1.807) is 4.57 Å². The summed E-state index contributed by atoms with van der Waals surface area (Å²) in [6, 6.07) is 17.1. The van der Waals surface area contributed by atoms with E-state index in [1.807, 2.05) is 31.2 Å². The molecular weight excluding hydrogens is 425 g/mol. The van der Waals surface area contributed by atoms with Crippen molar-refractivity contribution in [3.63, 3.8) is 0 Å². The molecule has 0 amide bonds. The number of hydrogen-bond acceptors (Lipinski definition) is 3. The lowest BCUT2D eigenvalue weighted by Gasteiger charge is -2.14. The molecule has 0 saturated carbocycles. The maximum absolute atomic E-state index is 13.9. The number of benzene rings is 3. The van der Waals surface area contributed by atoms with Gasteiger partial charge in [0.15, 0.2) is 0 Å². The Kier molecular flexibility index (Phi) is 5.22. The van der Waals surface area contributed by atoms with Crippen molar-refractivity contribution in [1.29, 1.82) is 0 Å². The van der Waals surface area contributed by atoms with Gasteiger partial charge in [-0.15, -0.1) is 0 Å². The van der Waals surface area contributed by atoms with E-state index in [1.165, 1.54) is 42.6 Å². The van der Waals surface area contributed by atoms with Gasteiger partial charge in [-0.25, -0.2) is 12.8 Å². The molecule has 0 atom stereocenters. The summed E-state index contributed by atoms with van der Waals surface area (Å²) in [6.45, 7) is 2.28. The van der Waals surface area contributed by atoms with Gasteiger partial charge in [0.05, 0.1) is 10.4 Å². The smallest absolute Gasteiger partial charge is 0.211 e. The number of sulfone groups is 1. The van der Waals surface area contributed by atoms with Crippen LogP contribution in [-0.2, 0) is 16.4 Å². The third-order valence-electron chi connectivity index (χ3n) is 4.86. The maximum atomic E-state index is 13.9. The number of aryl methyl sites for hydroxylation is 1. The van der Waals surface area contributed by atoms with Crippen LogP contribution >= 0.6 is 11.6 Å². The van der Waals surface area contributed by atoms with Crippen molar-refractivity contribution in [2.45, 2.75) is 23.3 Å². The summed E-state index contributed by atoms with van der Waals surface area (Å²) in [4.78, 5) is 12.6. The molecule has 1 heterocycles. The van der Waals surface area contributed by atoms with E-state index in [9.17, 15) is 17.6 Å². The van der Waals surface area contributed by atoms with Crippen molar-refractivity contribution >= 4 is 32.3 Å². The number of pyridine rings is 1. The second kappa shape index (κ2) is 7.70. The first-order chi connectivity index (χ1) is 14.3. The quantitative estimate of drug-likeness (QED) is 0.448. The second-order valence-electron chi connectivity index (χ2n) is 7.06. The van der Waals surface area contributed by atoms with E-state index in [0.29, 0.717) is 17.1 Å². The van der Waals surface area contributed by atoms with Crippen LogP contribution in [-0.4, -0.2) is 13.0 Å². The first kappa shape index (κ1) is 20.3. The van der Waals surface area contributed by atoms with Crippen LogP contribution in [0.15, 0.2) is 87.5 Å². The molecule has 30 heavy (non-hydrogen) atoms. The molecule has 0 aliphatic rings. The Hall–Kier alpha value is -2.96. The molecule has 0 aliphatic heterocycles. The summed E-state index contributed by atoms with van der Waals surface area (Å²) >= 11 is 5.86. The van der Waals surface area contributed by atoms with Crippen molar-refractivity contribution in [2.75, 3.05) is 0 Å². The van der Waals surface area contributed by atoms with Crippen molar-refractivity contribution in [1.82, 2.24) is 4.57 Å². The molecule has 4 nitrogen and oxygen atoms in total. The minimum absolute atomic E-state index is 0.0118. The fourth-order valence-corrected chi connectivity index (χ4v) is 4.91. The number of aromatic nitrogens is 1. The Bertz CT molecular complexity index is 1430. The summed E-state index contributed by atoms with van der Waals surface area (Å²) in [5, 5.41) is 0.393. The number of hydrogen-bond donors (Lipinski definition) is 0. The summed E-state index contributed by atoms with van der Waals surface area (Å²) in [6.07, 6.45) is 1.33. The zero-order chi connectivity index (χ0) is 21.5. The van der Waals surface area contributed by atoms with Crippen LogP contribution in [0.5, 0.6) is 0 Å². The van der Waals surface area contributed by atoms with Crippen LogP contribution in [0.4, 0.5) is 4.39 Å². The molecule has 0 fully saturated rings. The lowest BCUT2D eigenvalue weighted by molar-refractivity contribution is 0.593. The zero-order valence-corrected chi connectivity index (χ0v) is 17.5. The largest absolute Gasteiger partial charge is 0.341 e. The number of rotatable bonds is 4. The highest BCUT2D eigenvalue weighted by molar-refractivity contribution is 7.91. The van der Waals surface area contributed by atoms with Crippen LogP contribution in [0.2, 0.25) is 5.02 Å². The Morgan fingerprint density at radius 2 is 1.73 bits per heavy atom. The van der Waals surface area contributed by atoms with Gasteiger partial charge in [-0.2, -0.15) is 0 Å². The molecule has 4 aromatic rings. The van der Waals surface area contributed by atoms with E-state index in [2.05, 4.69) is 0 Å². The van der Waals surface area contributed by atoms with Gasteiger partial charge in [-0.05, 0) is 55.0 Å². The predicted molar refractivity (Wildman–Crippen MR) is 115 cm³/mol. The molecule has 0 N–H and O–H groups in total. The second-order valence-corrected chi connectivity index (χ2v) is 9.41. The molecule has 0 saturated heterocycles. The minimum atomic E-state index is -4.13. The standard InChI is InChI=1S/C23H17ClFNO3S/c1-15-3-2-4-16(11-15)13-26-14-22(23(27)20-12-18(25)7-10-21(20)26)30(28,29)19-8-5-17(24)6-9-19/h2-12,14H,13H2,1H3. The number of halogens is 2. The highest BCUT2D eigenvalue weighted by Crippen LogP contribution is 2.24. The molecule has 0 bridgehead atoms. The van der Waals surface area contributed by atoms with E-state index < -0.39 is 26.0 Å². The van der Waals surface area contributed by atoms with Gasteiger partial charge >= 0.3 is 0 Å². The molecule has 0 unspecified atom stereocenters. The maximum Gasteiger partial charge on any atom is 0.211 e. The highest BCUT2D eigenvalue weighted by Gasteiger charge is 2.24. The minimum Gasteiger partial charge on any atom is -0.341 e. The molecule has 3 aromatic carbocycles. The zero-order valence-electron chi connectivity index (χ0n) is 16.0. The first-order valence-electron chi connectivity index (χ1n) is 9.14.